The lowest BCUT2D eigenvalue weighted by atomic mass is 10.1. The predicted octanol–water partition coefficient (Wildman–Crippen LogP) is 0.347. The van der Waals surface area contributed by atoms with Gasteiger partial charge in [-0.05, 0) is 12.1 Å². The van der Waals surface area contributed by atoms with Gasteiger partial charge in [-0.1, -0.05) is 12.1 Å². The molecule has 1 aliphatic heterocycles. The minimum atomic E-state index is -1.26. The molecule has 20 heavy (non-hydrogen) atoms. The summed E-state index contributed by atoms with van der Waals surface area (Å²) < 4.78 is 4.96. The average molecular weight is 277 g/mol. The van der Waals surface area contributed by atoms with Crippen molar-refractivity contribution in [3.63, 3.8) is 0 Å². The predicted molar refractivity (Wildman–Crippen MR) is 65.0 cm³/mol. The van der Waals surface area contributed by atoms with Crippen molar-refractivity contribution in [3.8, 4) is 0 Å². The first-order valence-corrected chi connectivity index (χ1v) is 5.86. The minimum absolute atomic E-state index is 0.0737. The molecule has 0 aromatic heterocycles. The Morgan fingerprint density at radius 2 is 1.85 bits per heavy atom. The van der Waals surface area contributed by atoms with Gasteiger partial charge in [0.1, 0.15) is 0 Å². The quantitative estimate of drug-likeness (QED) is 0.609. The van der Waals surface area contributed by atoms with Crippen LogP contribution >= 0.6 is 0 Å². The lowest BCUT2D eigenvalue weighted by molar-refractivity contribution is -0.140. The number of nitrogens with one attached hydrogen (secondary N) is 1. The summed E-state index contributed by atoms with van der Waals surface area (Å²) in [6.07, 6.45) is -0.919. The summed E-state index contributed by atoms with van der Waals surface area (Å²) in [5.74, 6) is -3.28. The fraction of sp³-hybridized carbons (Fsp3) is 0.231. The molecule has 1 atom stereocenters. The van der Waals surface area contributed by atoms with Crippen LogP contribution in [-0.4, -0.2) is 35.0 Å². The Bertz CT molecular complexity index is 594. The number of rotatable bonds is 3. The molecule has 2 rings (SSSR count). The van der Waals surface area contributed by atoms with Gasteiger partial charge < -0.3 is 9.84 Å². The van der Waals surface area contributed by atoms with Crippen LogP contribution in [0, 0.1) is 0 Å². The molecule has 104 valence electrons. The second-order valence-electron chi connectivity index (χ2n) is 4.20. The van der Waals surface area contributed by atoms with Crippen molar-refractivity contribution < 1.29 is 29.0 Å². The van der Waals surface area contributed by atoms with Gasteiger partial charge in [0.2, 0.25) is 5.91 Å². The molecule has 0 bridgehead atoms. The van der Waals surface area contributed by atoms with Crippen molar-refractivity contribution in [2.24, 2.45) is 0 Å². The van der Waals surface area contributed by atoms with E-state index in [2.05, 4.69) is 5.32 Å². The SMILES string of the molecule is O=C1CCC(OC(=O)c2ccccc2C(=O)O)C(=O)N1. The molecule has 0 spiro atoms. The number of hydrogen-bond donors (Lipinski definition) is 2. The maximum absolute atomic E-state index is 11.9. The van der Waals surface area contributed by atoms with Crippen LogP contribution in [0.15, 0.2) is 24.3 Å². The van der Waals surface area contributed by atoms with E-state index in [0.29, 0.717) is 0 Å². The van der Waals surface area contributed by atoms with Crippen molar-refractivity contribution in [3.05, 3.63) is 35.4 Å². The molecular weight excluding hydrogens is 266 g/mol. The molecule has 2 amide bonds. The number of carboxylic acid groups (broad SMARTS) is 1. The van der Waals surface area contributed by atoms with Gasteiger partial charge in [0.25, 0.3) is 5.91 Å². The summed E-state index contributed by atoms with van der Waals surface area (Å²) in [5.41, 5.74) is -0.338. The van der Waals surface area contributed by atoms with Crippen LogP contribution in [-0.2, 0) is 14.3 Å². The summed E-state index contributed by atoms with van der Waals surface area (Å²) in [6.45, 7) is 0. The van der Waals surface area contributed by atoms with Crippen LogP contribution in [0.4, 0.5) is 0 Å². The summed E-state index contributed by atoms with van der Waals surface area (Å²) in [7, 11) is 0. The number of carbonyl (C=O) groups excluding carboxylic acids is 3. The fourth-order valence-electron chi connectivity index (χ4n) is 1.83. The van der Waals surface area contributed by atoms with E-state index in [1.165, 1.54) is 24.3 Å². The van der Waals surface area contributed by atoms with Gasteiger partial charge in [0.05, 0.1) is 11.1 Å². The molecule has 1 heterocycles. The third-order valence-electron chi connectivity index (χ3n) is 2.82. The molecule has 7 heteroatoms. The summed E-state index contributed by atoms with van der Waals surface area (Å²) in [6, 6.07) is 5.54. The Hall–Kier alpha value is -2.70. The first-order valence-electron chi connectivity index (χ1n) is 5.86. The molecule has 7 nitrogen and oxygen atoms in total. The van der Waals surface area contributed by atoms with Crippen molar-refractivity contribution in [1.82, 2.24) is 5.32 Å². The van der Waals surface area contributed by atoms with Gasteiger partial charge in [0, 0.05) is 12.8 Å². The second kappa shape index (κ2) is 5.52. The average Bonchev–Trinajstić information content (AvgIpc) is 2.41. The second-order valence-corrected chi connectivity index (χ2v) is 4.20. The monoisotopic (exact) mass is 277 g/mol. The first kappa shape index (κ1) is 13.7. The Kier molecular flexibility index (Phi) is 3.79. The van der Waals surface area contributed by atoms with E-state index in [-0.39, 0.29) is 24.0 Å². The van der Waals surface area contributed by atoms with Crippen molar-refractivity contribution in [2.75, 3.05) is 0 Å². The Morgan fingerprint density at radius 1 is 1.20 bits per heavy atom. The van der Waals surface area contributed by atoms with Crippen LogP contribution in [0.3, 0.4) is 0 Å². The highest BCUT2D eigenvalue weighted by molar-refractivity contribution is 6.04. The molecule has 0 radical (unpaired) electrons. The number of aromatic carboxylic acids is 1. The van der Waals surface area contributed by atoms with Crippen LogP contribution in [0.5, 0.6) is 0 Å². The summed E-state index contributed by atoms with van der Waals surface area (Å²) in [4.78, 5) is 45.3. The number of hydrogen-bond acceptors (Lipinski definition) is 5. The summed E-state index contributed by atoms with van der Waals surface area (Å²) in [5, 5.41) is 11.0. The Balaban J connectivity index is 2.15. The molecule has 1 fully saturated rings. The Labute approximate surface area is 113 Å². The number of benzene rings is 1. The van der Waals surface area contributed by atoms with E-state index in [4.69, 9.17) is 9.84 Å². The van der Waals surface area contributed by atoms with E-state index in [9.17, 15) is 19.2 Å². The van der Waals surface area contributed by atoms with E-state index in [1.807, 2.05) is 0 Å². The third-order valence-corrected chi connectivity index (χ3v) is 2.82. The number of carbonyl (C=O) groups is 4. The highest BCUT2D eigenvalue weighted by atomic mass is 16.5. The molecule has 2 N–H and O–H groups in total. The van der Waals surface area contributed by atoms with Crippen LogP contribution in [0.2, 0.25) is 0 Å². The minimum Gasteiger partial charge on any atom is -0.478 e. The third kappa shape index (κ3) is 2.82. The van der Waals surface area contributed by atoms with Gasteiger partial charge in [-0.2, -0.15) is 0 Å². The number of amides is 2. The van der Waals surface area contributed by atoms with E-state index in [0.717, 1.165) is 0 Å². The van der Waals surface area contributed by atoms with Gasteiger partial charge in [-0.3, -0.25) is 14.9 Å². The maximum atomic E-state index is 11.9. The molecule has 1 aliphatic rings. The normalized spacial score (nSPS) is 18.3. The standard InChI is InChI=1S/C13H11NO6/c15-10-6-5-9(11(16)14-10)20-13(19)8-4-2-1-3-7(8)12(17)18/h1-4,9H,5-6H2,(H,17,18)(H,14,15,16). The lowest BCUT2D eigenvalue weighted by Gasteiger charge is -2.21. The molecule has 0 aliphatic carbocycles. The Morgan fingerprint density at radius 3 is 2.45 bits per heavy atom. The smallest absolute Gasteiger partial charge is 0.339 e. The van der Waals surface area contributed by atoms with Crippen LogP contribution in [0.25, 0.3) is 0 Å². The van der Waals surface area contributed by atoms with E-state index < -0.39 is 29.9 Å². The lowest BCUT2D eigenvalue weighted by Crippen LogP contribution is -2.45. The zero-order valence-corrected chi connectivity index (χ0v) is 10.3. The topological polar surface area (TPSA) is 110 Å². The molecule has 0 saturated carbocycles. The number of piperidine rings is 1. The highest BCUT2D eigenvalue weighted by Gasteiger charge is 2.31. The number of imide groups is 1. The molecule has 1 aromatic rings. The molecule has 1 saturated heterocycles. The number of esters is 1. The molecule has 1 aromatic carbocycles. The molecule has 1 unspecified atom stereocenters. The van der Waals surface area contributed by atoms with Crippen LogP contribution in [0.1, 0.15) is 33.6 Å². The van der Waals surface area contributed by atoms with Crippen LogP contribution < -0.4 is 5.32 Å². The summed E-state index contributed by atoms with van der Waals surface area (Å²) >= 11 is 0. The number of ether oxygens (including phenoxy) is 1. The number of carboxylic acids is 1. The van der Waals surface area contributed by atoms with E-state index >= 15 is 0 Å². The first-order chi connectivity index (χ1) is 9.49. The van der Waals surface area contributed by atoms with Gasteiger partial charge >= 0.3 is 11.9 Å². The van der Waals surface area contributed by atoms with Gasteiger partial charge in [-0.25, -0.2) is 9.59 Å². The highest BCUT2D eigenvalue weighted by Crippen LogP contribution is 2.15. The van der Waals surface area contributed by atoms with Gasteiger partial charge in [0.15, 0.2) is 6.10 Å². The largest absolute Gasteiger partial charge is 0.478 e. The fourth-order valence-corrected chi connectivity index (χ4v) is 1.83. The maximum Gasteiger partial charge on any atom is 0.339 e. The molecular formula is C13H11NO6. The van der Waals surface area contributed by atoms with Crippen molar-refractivity contribution in [2.45, 2.75) is 18.9 Å². The zero-order chi connectivity index (χ0) is 14.7. The zero-order valence-electron chi connectivity index (χ0n) is 10.3. The van der Waals surface area contributed by atoms with E-state index in [1.54, 1.807) is 0 Å². The van der Waals surface area contributed by atoms with Crippen molar-refractivity contribution >= 4 is 23.8 Å². The van der Waals surface area contributed by atoms with Crippen molar-refractivity contribution in [1.29, 1.82) is 0 Å². The van der Waals surface area contributed by atoms with Gasteiger partial charge in [-0.15, -0.1) is 0 Å².